The molecule has 0 spiro atoms. The molecule has 0 N–H and O–H groups in total. The molecule has 4 rings (SSSR count). The van der Waals surface area contributed by atoms with Gasteiger partial charge in [-0.2, -0.15) is 4.98 Å². The summed E-state index contributed by atoms with van der Waals surface area (Å²) in [4.78, 5) is 4.43. The van der Waals surface area contributed by atoms with Crippen molar-refractivity contribution in [2.45, 2.75) is 13.5 Å². The Balaban J connectivity index is 1.52. The number of hydrogen-bond acceptors (Lipinski definition) is 6. The normalized spacial score (nSPS) is 11.0. The van der Waals surface area contributed by atoms with Crippen LogP contribution < -0.4 is 14.2 Å². The van der Waals surface area contributed by atoms with Crippen LogP contribution in [0, 0.1) is 6.92 Å². The quantitative estimate of drug-likeness (QED) is 0.299. The molecule has 33 heavy (non-hydrogen) atoms. The maximum atomic E-state index is 6.11. The van der Waals surface area contributed by atoms with Gasteiger partial charge in [0, 0.05) is 16.7 Å². The zero-order valence-corrected chi connectivity index (χ0v) is 19.3. The monoisotopic (exact) mass is 462 g/mol. The van der Waals surface area contributed by atoms with Crippen molar-refractivity contribution in [3.8, 4) is 28.6 Å². The summed E-state index contributed by atoms with van der Waals surface area (Å²) in [6.45, 7) is 2.41. The third kappa shape index (κ3) is 5.54. The number of rotatable bonds is 8. The fraction of sp³-hybridized carbons (Fsp3) is 0.154. The number of nitrogens with zero attached hydrogens (tertiary/aromatic N) is 2. The largest absolute Gasteiger partial charge is 0.496 e. The summed E-state index contributed by atoms with van der Waals surface area (Å²) >= 11 is 6.11. The minimum absolute atomic E-state index is 0.361. The maximum absolute atomic E-state index is 6.11. The standard InChI is InChI=1S/C26H23ClN2O4/c1-17-5-4-6-21(13-17)32-16-19-14-18(7-10-23(19)30-2)8-12-25-28-26(29-33-25)22-15-20(27)9-11-24(22)31-3/h4-15H,16H2,1-3H3/b12-8-. The van der Waals surface area contributed by atoms with Crippen molar-refractivity contribution in [2.75, 3.05) is 14.2 Å². The highest BCUT2D eigenvalue weighted by molar-refractivity contribution is 6.30. The Morgan fingerprint density at radius 3 is 2.55 bits per heavy atom. The van der Waals surface area contributed by atoms with E-state index in [4.69, 9.17) is 30.3 Å². The van der Waals surface area contributed by atoms with Gasteiger partial charge < -0.3 is 18.7 Å². The van der Waals surface area contributed by atoms with Crippen molar-refractivity contribution in [3.05, 3.63) is 88.3 Å². The lowest BCUT2D eigenvalue weighted by Gasteiger charge is -2.11. The SMILES string of the molecule is COc1ccc(/C=C\c2nc(-c3cc(Cl)ccc3OC)no2)cc1COc1cccc(C)c1. The summed E-state index contributed by atoms with van der Waals surface area (Å²) in [6, 6.07) is 19.0. The van der Waals surface area contributed by atoms with Crippen LogP contribution in [0.4, 0.5) is 0 Å². The molecule has 0 unspecified atom stereocenters. The molecule has 1 aromatic heterocycles. The molecule has 0 fully saturated rings. The van der Waals surface area contributed by atoms with Gasteiger partial charge in [-0.3, -0.25) is 0 Å². The first-order valence-electron chi connectivity index (χ1n) is 10.3. The molecule has 0 aliphatic heterocycles. The Kier molecular flexibility index (Phi) is 6.95. The highest BCUT2D eigenvalue weighted by Crippen LogP contribution is 2.31. The van der Waals surface area contributed by atoms with Crippen LogP contribution in [0.1, 0.15) is 22.6 Å². The van der Waals surface area contributed by atoms with Gasteiger partial charge in [-0.25, -0.2) is 0 Å². The van der Waals surface area contributed by atoms with Crippen LogP contribution in [0.5, 0.6) is 17.2 Å². The van der Waals surface area contributed by atoms with Crippen LogP contribution in [0.25, 0.3) is 23.5 Å². The molecular formula is C26H23ClN2O4. The summed E-state index contributed by atoms with van der Waals surface area (Å²) in [6.07, 6.45) is 3.64. The topological polar surface area (TPSA) is 66.6 Å². The second-order valence-electron chi connectivity index (χ2n) is 7.31. The average molecular weight is 463 g/mol. The Morgan fingerprint density at radius 2 is 1.76 bits per heavy atom. The van der Waals surface area contributed by atoms with Crippen LogP contribution in [0.15, 0.2) is 65.2 Å². The van der Waals surface area contributed by atoms with Gasteiger partial charge in [0.25, 0.3) is 5.89 Å². The van der Waals surface area contributed by atoms with E-state index in [1.807, 2.05) is 55.5 Å². The van der Waals surface area contributed by atoms with Gasteiger partial charge in [-0.15, -0.1) is 0 Å². The lowest BCUT2D eigenvalue weighted by molar-refractivity contribution is 0.296. The lowest BCUT2D eigenvalue weighted by Crippen LogP contribution is -1.99. The van der Waals surface area contributed by atoms with Crippen molar-refractivity contribution in [1.82, 2.24) is 10.1 Å². The number of methoxy groups -OCH3 is 2. The number of halogens is 1. The molecule has 7 heteroatoms. The van der Waals surface area contributed by atoms with Gasteiger partial charge in [0.15, 0.2) is 0 Å². The smallest absolute Gasteiger partial charge is 0.250 e. The van der Waals surface area contributed by atoms with E-state index in [1.54, 1.807) is 38.5 Å². The fourth-order valence-electron chi connectivity index (χ4n) is 3.32. The first-order chi connectivity index (χ1) is 16.1. The maximum Gasteiger partial charge on any atom is 0.250 e. The molecule has 0 amide bonds. The molecule has 0 atom stereocenters. The molecule has 6 nitrogen and oxygen atoms in total. The predicted molar refractivity (Wildman–Crippen MR) is 129 cm³/mol. The number of aromatic nitrogens is 2. The van der Waals surface area contributed by atoms with E-state index in [0.29, 0.717) is 34.7 Å². The molecule has 0 aliphatic rings. The second kappa shape index (κ2) is 10.2. The summed E-state index contributed by atoms with van der Waals surface area (Å²) < 4.78 is 22.2. The zero-order chi connectivity index (χ0) is 23.2. The van der Waals surface area contributed by atoms with Crippen LogP contribution in [-0.4, -0.2) is 24.4 Å². The summed E-state index contributed by atoms with van der Waals surface area (Å²) in [5.74, 6) is 2.95. The highest BCUT2D eigenvalue weighted by atomic mass is 35.5. The Morgan fingerprint density at radius 1 is 0.939 bits per heavy atom. The van der Waals surface area contributed by atoms with E-state index in [-0.39, 0.29) is 0 Å². The van der Waals surface area contributed by atoms with Gasteiger partial charge in [0.1, 0.15) is 23.9 Å². The van der Waals surface area contributed by atoms with Crippen LogP contribution in [-0.2, 0) is 6.61 Å². The third-order valence-electron chi connectivity index (χ3n) is 4.95. The molecule has 0 radical (unpaired) electrons. The van der Waals surface area contributed by atoms with Gasteiger partial charge in [-0.05, 0) is 66.6 Å². The molecular weight excluding hydrogens is 440 g/mol. The summed E-state index contributed by atoms with van der Waals surface area (Å²) in [7, 11) is 3.22. The van der Waals surface area contributed by atoms with Gasteiger partial charge in [-0.1, -0.05) is 35.0 Å². The van der Waals surface area contributed by atoms with Gasteiger partial charge in [0.05, 0.1) is 19.8 Å². The van der Waals surface area contributed by atoms with Crippen LogP contribution >= 0.6 is 11.6 Å². The number of benzene rings is 3. The lowest BCUT2D eigenvalue weighted by atomic mass is 10.1. The molecule has 0 saturated heterocycles. The van der Waals surface area contributed by atoms with Crippen molar-refractivity contribution in [1.29, 1.82) is 0 Å². The Hall–Kier alpha value is -3.77. The molecule has 0 bridgehead atoms. The van der Waals surface area contributed by atoms with E-state index < -0.39 is 0 Å². The fourth-order valence-corrected chi connectivity index (χ4v) is 3.49. The molecule has 168 valence electrons. The molecule has 4 aromatic rings. The second-order valence-corrected chi connectivity index (χ2v) is 7.75. The molecule has 3 aromatic carbocycles. The minimum atomic E-state index is 0.361. The Labute approximate surface area is 197 Å². The van der Waals surface area contributed by atoms with E-state index in [9.17, 15) is 0 Å². The molecule has 0 aliphatic carbocycles. The van der Waals surface area contributed by atoms with E-state index in [2.05, 4.69) is 10.1 Å². The van der Waals surface area contributed by atoms with E-state index in [1.165, 1.54) is 0 Å². The number of hydrogen-bond donors (Lipinski definition) is 0. The first-order valence-corrected chi connectivity index (χ1v) is 10.7. The minimum Gasteiger partial charge on any atom is -0.496 e. The molecule has 0 saturated carbocycles. The average Bonchev–Trinajstić information content (AvgIpc) is 3.30. The summed E-state index contributed by atoms with van der Waals surface area (Å²) in [5.41, 5.74) is 3.67. The third-order valence-corrected chi connectivity index (χ3v) is 5.19. The predicted octanol–water partition coefficient (Wildman–Crippen LogP) is 6.47. The first kappa shape index (κ1) is 22.4. The van der Waals surface area contributed by atoms with Crippen molar-refractivity contribution in [3.63, 3.8) is 0 Å². The van der Waals surface area contributed by atoms with Crippen LogP contribution in [0.2, 0.25) is 5.02 Å². The van der Waals surface area contributed by atoms with E-state index >= 15 is 0 Å². The highest BCUT2D eigenvalue weighted by Gasteiger charge is 2.13. The number of aryl methyl sites for hydroxylation is 1. The molecule has 1 heterocycles. The zero-order valence-electron chi connectivity index (χ0n) is 18.5. The van der Waals surface area contributed by atoms with Crippen LogP contribution in [0.3, 0.4) is 0 Å². The summed E-state index contributed by atoms with van der Waals surface area (Å²) in [5, 5.41) is 4.61. The Bertz CT molecular complexity index is 1280. The van der Waals surface area contributed by atoms with Gasteiger partial charge in [0.2, 0.25) is 5.82 Å². The van der Waals surface area contributed by atoms with E-state index in [0.717, 1.165) is 28.2 Å². The van der Waals surface area contributed by atoms with Crippen molar-refractivity contribution in [2.24, 2.45) is 0 Å². The van der Waals surface area contributed by atoms with Crippen molar-refractivity contribution < 1.29 is 18.7 Å². The van der Waals surface area contributed by atoms with Gasteiger partial charge >= 0.3 is 0 Å². The van der Waals surface area contributed by atoms with Crippen molar-refractivity contribution >= 4 is 23.8 Å². The number of ether oxygens (including phenoxy) is 3.